The number of halogens is 1. The molecule has 1 amide bonds. The van der Waals surface area contributed by atoms with Gasteiger partial charge in [0.1, 0.15) is 11.5 Å². The Labute approximate surface area is 228 Å². The Balaban J connectivity index is 1.59. The molecule has 0 aromatic heterocycles. The van der Waals surface area contributed by atoms with E-state index in [4.69, 9.17) is 4.74 Å². The van der Waals surface area contributed by atoms with Crippen molar-refractivity contribution in [3.8, 4) is 0 Å². The standard InChI is InChI=1S/C28H22FN3O7S/c1-18-10-15-24(25(16-18)32(35)36)30-27(33)26(19-6-3-2-4-7-19)39-28(34)20-8-5-9-23(17-20)40(37,38)31-22-13-11-21(29)12-14-22/h2-17,26,31H,1H3,(H,30,33). The van der Waals surface area contributed by atoms with E-state index in [0.29, 0.717) is 5.56 Å². The van der Waals surface area contributed by atoms with Gasteiger partial charge in [-0.15, -0.1) is 0 Å². The van der Waals surface area contributed by atoms with E-state index in [0.717, 1.165) is 18.2 Å². The van der Waals surface area contributed by atoms with Crippen molar-refractivity contribution in [2.45, 2.75) is 17.9 Å². The maximum Gasteiger partial charge on any atom is 0.339 e. The van der Waals surface area contributed by atoms with Crippen molar-refractivity contribution >= 4 is 39.0 Å². The molecular formula is C28H22FN3O7S. The Morgan fingerprint density at radius 3 is 2.30 bits per heavy atom. The highest BCUT2D eigenvalue weighted by atomic mass is 32.2. The number of amides is 1. The van der Waals surface area contributed by atoms with Gasteiger partial charge in [0, 0.05) is 17.3 Å². The van der Waals surface area contributed by atoms with E-state index in [-0.39, 0.29) is 33.1 Å². The third kappa shape index (κ3) is 6.66. The molecule has 0 fully saturated rings. The number of esters is 1. The van der Waals surface area contributed by atoms with Gasteiger partial charge >= 0.3 is 5.97 Å². The molecule has 204 valence electrons. The average molecular weight is 564 g/mol. The molecule has 0 heterocycles. The molecule has 4 aromatic rings. The fraction of sp³-hybridized carbons (Fsp3) is 0.0714. The number of sulfonamides is 1. The highest BCUT2D eigenvalue weighted by Crippen LogP contribution is 2.28. The minimum absolute atomic E-state index is 0.0856. The van der Waals surface area contributed by atoms with Crippen molar-refractivity contribution in [1.82, 2.24) is 0 Å². The minimum atomic E-state index is -4.16. The molecule has 40 heavy (non-hydrogen) atoms. The SMILES string of the molecule is Cc1ccc(NC(=O)C(OC(=O)c2cccc(S(=O)(=O)Nc3ccc(F)cc3)c2)c2ccccc2)c([N+](=O)[O-])c1. The van der Waals surface area contributed by atoms with E-state index < -0.39 is 38.7 Å². The number of ether oxygens (including phenoxy) is 1. The van der Waals surface area contributed by atoms with Crippen molar-refractivity contribution in [3.05, 3.63) is 130 Å². The van der Waals surface area contributed by atoms with Crippen LogP contribution in [0.3, 0.4) is 0 Å². The van der Waals surface area contributed by atoms with E-state index in [1.54, 1.807) is 31.2 Å². The largest absolute Gasteiger partial charge is 0.444 e. The Kier molecular flexibility index (Phi) is 8.20. The topological polar surface area (TPSA) is 145 Å². The molecule has 0 spiro atoms. The molecule has 2 N–H and O–H groups in total. The Bertz CT molecular complexity index is 1680. The molecule has 0 saturated heterocycles. The molecule has 10 nitrogen and oxygen atoms in total. The van der Waals surface area contributed by atoms with Crippen LogP contribution >= 0.6 is 0 Å². The zero-order valence-corrected chi connectivity index (χ0v) is 21.7. The second-order valence-electron chi connectivity index (χ2n) is 8.60. The molecule has 1 atom stereocenters. The maximum absolute atomic E-state index is 13.2. The normalized spacial score (nSPS) is 11.8. The summed E-state index contributed by atoms with van der Waals surface area (Å²) in [7, 11) is -4.16. The highest BCUT2D eigenvalue weighted by Gasteiger charge is 2.28. The van der Waals surface area contributed by atoms with Crippen molar-refractivity contribution in [1.29, 1.82) is 0 Å². The number of nitro benzene ring substituents is 1. The number of rotatable bonds is 9. The molecule has 4 rings (SSSR count). The predicted molar refractivity (Wildman–Crippen MR) is 145 cm³/mol. The molecule has 0 aliphatic heterocycles. The summed E-state index contributed by atoms with van der Waals surface area (Å²) >= 11 is 0. The van der Waals surface area contributed by atoms with Crippen LogP contribution in [0, 0.1) is 22.9 Å². The Morgan fingerprint density at radius 1 is 0.925 bits per heavy atom. The summed E-state index contributed by atoms with van der Waals surface area (Å²) in [6.45, 7) is 1.66. The lowest BCUT2D eigenvalue weighted by Crippen LogP contribution is -2.26. The zero-order chi connectivity index (χ0) is 28.9. The van der Waals surface area contributed by atoms with Crippen LogP contribution in [0.25, 0.3) is 0 Å². The van der Waals surface area contributed by atoms with E-state index in [9.17, 15) is 32.5 Å². The third-order valence-corrected chi connectivity index (χ3v) is 7.03. The number of aryl methyl sites for hydroxylation is 1. The third-order valence-electron chi connectivity index (χ3n) is 5.65. The number of nitrogens with one attached hydrogen (secondary N) is 2. The van der Waals surface area contributed by atoms with Crippen LogP contribution in [0.1, 0.15) is 27.6 Å². The van der Waals surface area contributed by atoms with Gasteiger partial charge in [-0.2, -0.15) is 0 Å². The maximum atomic E-state index is 13.2. The van der Waals surface area contributed by atoms with Crippen LogP contribution in [0.15, 0.2) is 102 Å². The summed E-state index contributed by atoms with van der Waals surface area (Å²) in [6.07, 6.45) is -1.52. The molecule has 0 bridgehead atoms. The Morgan fingerprint density at radius 2 is 1.62 bits per heavy atom. The number of nitrogens with zero attached hydrogens (tertiary/aromatic N) is 1. The fourth-order valence-electron chi connectivity index (χ4n) is 3.69. The van der Waals surface area contributed by atoms with Crippen LogP contribution in [-0.4, -0.2) is 25.2 Å². The number of benzene rings is 4. The average Bonchev–Trinajstić information content (AvgIpc) is 2.94. The van der Waals surface area contributed by atoms with Gasteiger partial charge < -0.3 is 10.1 Å². The zero-order valence-electron chi connectivity index (χ0n) is 20.9. The quantitative estimate of drug-likeness (QED) is 0.158. The highest BCUT2D eigenvalue weighted by molar-refractivity contribution is 7.92. The first-order valence-corrected chi connectivity index (χ1v) is 13.2. The van der Waals surface area contributed by atoms with Gasteiger partial charge in [-0.25, -0.2) is 17.6 Å². The lowest BCUT2D eigenvalue weighted by molar-refractivity contribution is -0.384. The number of carbonyl (C=O) groups excluding carboxylic acids is 2. The van der Waals surface area contributed by atoms with Crippen LogP contribution in [0.2, 0.25) is 0 Å². The van der Waals surface area contributed by atoms with E-state index >= 15 is 0 Å². The number of carbonyl (C=O) groups is 2. The number of anilines is 2. The number of hydrogen-bond donors (Lipinski definition) is 2. The smallest absolute Gasteiger partial charge is 0.339 e. The monoisotopic (exact) mass is 563 g/mol. The number of nitro groups is 1. The first-order valence-electron chi connectivity index (χ1n) is 11.7. The van der Waals surface area contributed by atoms with Gasteiger partial charge in [0.05, 0.1) is 15.4 Å². The summed E-state index contributed by atoms with van der Waals surface area (Å²) in [5.74, 6) is -2.41. The molecule has 0 aliphatic rings. The van der Waals surface area contributed by atoms with Gasteiger partial charge in [0.2, 0.25) is 6.10 Å². The summed E-state index contributed by atoms with van der Waals surface area (Å²) in [5.41, 5.74) is 0.414. The molecule has 0 saturated carbocycles. The van der Waals surface area contributed by atoms with Crippen molar-refractivity contribution in [2.24, 2.45) is 0 Å². The molecule has 1 unspecified atom stereocenters. The Hall–Kier alpha value is -5.10. The van der Waals surface area contributed by atoms with Gasteiger partial charge in [-0.3, -0.25) is 19.6 Å². The van der Waals surface area contributed by atoms with Gasteiger partial charge in [0.25, 0.3) is 21.6 Å². The molecule has 0 aliphatic carbocycles. The lowest BCUT2D eigenvalue weighted by atomic mass is 10.1. The lowest BCUT2D eigenvalue weighted by Gasteiger charge is -2.18. The minimum Gasteiger partial charge on any atom is -0.444 e. The van der Waals surface area contributed by atoms with Crippen molar-refractivity contribution < 1.29 is 32.1 Å². The van der Waals surface area contributed by atoms with Crippen LogP contribution in [-0.2, 0) is 19.6 Å². The summed E-state index contributed by atoms with van der Waals surface area (Å²) in [6, 6.07) is 21.9. The fourth-order valence-corrected chi connectivity index (χ4v) is 4.80. The molecule has 12 heteroatoms. The van der Waals surface area contributed by atoms with Gasteiger partial charge in [-0.05, 0) is 61.0 Å². The predicted octanol–water partition coefficient (Wildman–Crippen LogP) is 5.38. The second-order valence-corrected chi connectivity index (χ2v) is 10.3. The van der Waals surface area contributed by atoms with Gasteiger partial charge in [-0.1, -0.05) is 42.5 Å². The molecular weight excluding hydrogens is 541 g/mol. The van der Waals surface area contributed by atoms with Crippen molar-refractivity contribution in [3.63, 3.8) is 0 Å². The van der Waals surface area contributed by atoms with Gasteiger partial charge in [0.15, 0.2) is 0 Å². The van der Waals surface area contributed by atoms with Crippen LogP contribution in [0.5, 0.6) is 0 Å². The van der Waals surface area contributed by atoms with Crippen molar-refractivity contribution in [2.75, 3.05) is 10.0 Å². The first-order chi connectivity index (χ1) is 19.0. The van der Waals surface area contributed by atoms with Crippen LogP contribution < -0.4 is 10.0 Å². The first kappa shape index (κ1) is 27.9. The molecule has 0 radical (unpaired) electrons. The summed E-state index contributed by atoms with van der Waals surface area (Å²) in [4.78, 5) is 36.9. The molecule has 4 aromatic carbocycles. The second kappa shape index (κ2) is 11.7. The van der Waals surface area contributed by atoms with E-state index in [1.807, 2.05) is 0 Å². The number of hydrogen-bond acceptors (Lipinski definition) is 7. The van der Waals surface area contributed by atoms with E-state index in [2.05, 4.69) is 10.0 Å². The van der Waals surface area contributed by atoms with Crippen LogP contribution in [0.4, 0.5) is 21.5 Å². The summed E-state index contributed by atoms with van der Waals surface area (Å²) in [5, 5.41) is 14.0. The summed E-state index contributed by atoms with van der Waals surface area (Å²) < 4.78 is 46.7. The van der Waals surface area contributed by atoms with E-state index in [1.165, 1.54) is 54.6 Å².